The maximum absolute atomic E-state index is 13.9. The van der Waals surface area contributed by atoms with Gasteiger partial charge in [-0.15, -0.1) is 0 Å². The second-order valence-corrected chi connectivity index (χ2v) is 5.66. The molecule has 0 amide bonds. The maximum Gasteiger partial charge on any atom is 0.165 e. The van der Waals surface area contributed by atoms with Crippen LogP contribution >= 0.6 is 0 Å². The van der Waals surface area contributed by atoms with Crippen molar-refractivity contribution in [2.24, 2.45) is 5.73 Å². The van der Waals surface area contributed by atoms with Crippen LogP contribution < -0.4 is 10.5 Å². The van der Waals surface area contributed by atoms with Crippen molar-refractivity contribution in [2.75, 3.05) is 26.2 Å². The Morgan fingerprint density at radius 1 is 1.30 bits per heavy atom. The zero-order chi connectivity index (χ0) is 14.4. The van der Waals surface area contributed by atoms with E-state index < -0.39 is 0 Å². The summed E-state index contributed by atoms with van der Waals surface area (Å²) >= 11 is 0. The lowest BCUT2D eigenvalue weighted by atomic mass is 10.1. The van der Waals surface area contributed by atoms with Gasteiger partial charge < -0.3 is 10.5 Å². The van der Waals surface area contributed by atoms with Crippen LogP contribution in [0.5, 0.6) is 5.75 Å². The molecule has 1 aromatic carbocycles. The Morgan fingerprint density at radius 2 is 2.05 bits per heavy atom. The number of piperidine rings is 1. The molecule has 112 valence electrons. The average molecular weight is 280 g/mol. The third-order valence-electron chi connectivity index (χ3n) is 3.69. The van der Waals surface area contributed by atoms with Gasteiger partial charge in [-0.25, -0.2) is 4.39 Å². The van der Waals surface area contributed by atoms with E-state index in [9.17, 15) is 4.39 Å². The van der Waals surface area contributed by atoms with Crippen LogP contribution in [0.15, 0.2) is 18.2 Å². The van der Waals surface area contributed by atoms with E-state index in [1.807, 2.05) is 13.0 Å². The molecule has 0 spiro atoms. The molecule has 2 rings (SSSR count). The Labute approximate surface area is 120 Å². The number of hydrogen-bond acceptors (Lipinski definition) is 3. The van der Waals surface area contributed by atoms with Crippen molar-refractivity contribution in [3.8, 4) is 5.75 Å². The first-order valence-corrected chi connectivity index (χ1v) is 7.55. The van der Waals surface area contributed by atoms with E-state index in [-0.39, 0.29) is 11.9 Å². The smallest absolute Gasteiger partial charge is 0.165 e. The summed E-state index contributed by atoms with van der Waals surface area (Å²) in [6, 6.07) is 5.05. The molecule has 1 fully saturated rings. The summed E-state index contributed by atoms with van der Waals surface area (Å²) in [4.78, 5) is 2.38. The number of halogens is 1. The first kappa shape index (κ1) is 15.3. The zero-order valence-corrected chi connectivity index (χ0v) is 12.3. The zero-order valence-electron chi connectivity index (χ0n) is 12.3. The van der Waals surface area contributed by atoms with E-state index in [4.69, 9.17) is 10.5 Å². The Morgan fingerprint density at radius 3 is 2.75 bits per heavy atom. The number of nitrogens with zero attached hydrogens (tertiary/aromatic N) is 1. The predicted molar refractivity (Wildman–Crippen MR) is 79.5 cm³/mol. The van der Waals surface area contributed by atoms with Crippen molar-refractivity contribution in [3.05, 3.63) is 29.6 Å². The van der Waals surface area contributed by atoms with Crippen LogP contribution in [0.4, 0.5) is 4.39 Å². The van der Waals surface area contributed by atoms with Crippen molar-refractivity contribution in [2.45, 2.75) is 38.6 Å². The molecule has 20 heavy (non-hydrogen) atoms. The Hall–Kier alpha value is -1.13. The monoisotopic (exact) mass is 280 g/mol. The van der Waals surface area contributed by atoms with E-state index in [1.165, 1.54) is 25.3 Å². The number of nitrogens with two attached hydrogens (primary N) is 1. The largest absolute Gasteiger partial charge is 0.489 e. The minimum atomic E-state index is -0.290. The van der Waals surface area contributed by atoms with Gasteiger partial charge in [0.1, 0.15) is 6.61 Å². The van der Waals surface area contributed by atoms with Gasteiger partial charge in [-0.05, 0) is 50.9 Å². The number of ether oxygens (including phenoxy) is 1. The summed E-state index contributed by atoms with van der Waals surface area (Å²) in [7, 11) is 0. The highest BCUT2D eigenvalue weighted by atomic mass is 19.1. The normalized spacial score (nSPS) is 17.9. The fraction of sp³-hybridized carbons (Fsp3) is 0.625. The fourth-order valence-electron chi connectivity index (χ4n) is 2.68. The van der Waals surface area contributed by atoms with E-state index in [1.54, 1.807) is 6.07 Å². The second-order valence-electron chi connectivity index (χ2n) is 5.66. The lowest BCUT2D eigenvalue weighted by Crippen LogP contribution is -2.33. The van der Waals surface area contributed by atoms with Crippen LogP contribution in [0.3, 0.4) is 0 Å². The Bertz CT molecular complexity index is 417. The fourth-order valence-corrected chi connectivity index (χ4v) is 2.68. The minimum Gasteiger partial charge on any atom is -0.489 e. The molecular formula is C16H25FN2O. The highest BCUT2D eigenvalue weighted by Gasteiger charge is 2.13. The summed E-state index contributed by atoms with van der Waals surface area (Å²) in [6.45, 7) is 5.59. The average Bonchev–Trinajstić information content (AvgIpc) is 2.42. The number of hydrogen-bond donors (Lipinski definition) is 1. The van der Waals surface area contributed by atoms with E-state index in [0.29, 0.717) is 18.8 Å². The SMILES string of the molecule is CC(N)Cc1cccc(F)c1OCCN1CCCCC1. The third kappa shape index (κ3) is 4.46. The number of rotatable bonds is 6. The van der Waals surface area contributed by atoms with Crippen molar-refractivity contribution >= 4 is 0 Å². The van der Waals surface area contributed by atoms with Gasteiger partial charge in [0.15, 0.2) is 11.6 Å². The molecule has 1 unspecified atom stereocenters. The van der Waals surface area contributed by atoms with Crippen molar-refractivity contribution in [1.82, 2.24) is 4.90 Å². The molecule has 0 bridgehead atoms. The maximum atomic E-state index is 13.9. The van der Waals surface area contributed by atoms with Gasteiger partial charge in [0, 0.05) is 12.6 Å². The molecule has 0 radical (unpaired) electrons. The van der Waals surface area contributed by atoms with Crippen LogP contribution in [-0.4, -0.2) is 37.2 Å². The third-order valence-corrected chi connectivity index (χ3v) is 3.69. The van der Waals surface area contributed by atoms with Crippen LogP contribution in [-0.2, 0) is 6.42 Å². The van der Waals surface area contributed by atoms with Gasteiger partial charge in [-0.2, -0.15) is 0 Å². The van der Waals surface area contributed by atoms with Crippen LogP contribution in [0.1, 0.15) is 31.7 Å². The Balaban J connectivity index is 1.90. The van der Waals surface area contributed by atoms with Crippen molar-refractivity contribution in [3.63, 3.8) is 0 Å². The molecular weight excluding hydrogens is 255 g/mol. The van der Waals surface area contributed by atoms with Crippen LogP contribution in [0.2, 0.25) is 0 Å². The topological polar surface area (TPSA) is 38.5 Å². The van der Waals surface area contributed by atoms with E-state index >= 15 is 0 Å². The van der Waals surface area contributed by atoms with Crippen molar-refractivity contribution < 1.29 is 9.13 Å². The molecule has 2 N–H and O–H groups in total. The number of likely N-dealkylation sites (tertiary alicyclic amines) is 1. The molecule has 0 aliphatic carbocycles. The molecule has 4 heteroatoms. The highest BCUT2D eigenvalue weighted by molar-refractivity contribution is 5.35. The van der Waals surface area contributed by atoms with Gasteiger partial charge in [-0.1, -0.05) is 18.6 Å². The van der Waals surface area contributed by atoms with E-state index in [2.05, 4.69) is 4.90 Å². The van der Waals surface area contributed by atoms with Gasteiger partial charge in [-0.3, -0.25) is 4.90 Å². The molecule has 1 heterocycles. The molecule has 1 aliphatic heterocycles. The van der Waals surface area contributed by atoms with Crippen molar-refractivity contribution in [1.29, 1.82) is 0 Å². The molecule has 1 aromatic rings. The molecule has 0 saturated carbocycles. The first-order valence-electron chi connectivity index (χ1n) is 7.55. The Kier molecular flexibility index (Phi) is 5.80. The standard InChI is InChI=1S/C16H25FN2O/c1-13(18)12-14-6-5-7-15(17)16(14)20-11-10-19-8-3-2-4-9-19/h5-7,13H,2-4,8-12,18H2,1H3. The summed E-state index contributed by atoms with van der Waals surface area (Å²) < 4.78 is 19.6. The summed E-state index contributed by atoms with van der Waals surface area (Å²) in [5, 5.41) is 0. The first-order chi connectivity index (χ1) is 9.66. The highest BCUT2D eigenvalue weighted by Crippen LogP contribution is 2.24. The molecule has 1 atom stereocenters. The lowest BCUT2D eigenvalue weighted by molar-refractivity contribution is 0.179. The quantitative estimate of drug-likeness (QED) is 0.870. The number of para-hydroxylation sites is 1. The molecule has 0 aromatic heterocycles. The van der Waals surface area contributed by atoms with Gasteiger partial charge in [0.2, 0.25) is 0 Å². The molecule has 1 aliphatic rings. The predicted octanol–water partition coefficient (Wildman–Crippen LogP) is 2.58. The lowest BCUT2D eigenvalue weighted by Gasteiger charge is -2.26. The van der Waals surface area contributed by atoms with E-state index in [0.717, 1.165) is 25.2 Å². The molecule has 3 nitrogen and oxygen atoms in total. The minimum absolute atomic E-state index is 0.00115. The molecule has 1 saturated heterocycles. The van der Waals surface area contributed by atoms with Gasteiger partial charge in [0.05, 0.1) is 0 Å². The van der Waals surface area contributed by atoms with Crippen LogP contribution in [0.25, 0.3) is 0 Å². The van der Waals surface area contributed by atoms with Gasteiger partial charge in [0.25, 0.3) is 0 Å². The summed E-state index contributed by atoms with van der Waals surface area (Å²) in [5.41, 5.74) is 6.66. The summed E-state index contributed by atoms with van der Waals surface area (Å²) in [6.07, 6.45) is 4.48. The van der Waals surface area contributed by atoms with Crippen LogP contribution in [0, 0.1) is 5.82 Å². The van der Waals surface area contributed by atoms with Gasteiger partial charge >= 0.3 is 0 Å². The number of benzene rings is 1. The summed E-state index contributed by atoms with van der Waals surface area (Å²) in [5.74, 6) is 0.0867. The second kappa shape index (κ2) is 7.60.